The van der Waals surface area contributed by atoms with Crippen LogP contribution >= 0.6 is 0 Å². The lowest BCUT2D eigenvalue weighted by Gasteiger charge is -2.07. The number of esters is 1. The smallest absolute Gasteiger partial charge is 0.341 e. The van der Waals surface area contributed by atoms with Gasteiger partial charge in [-0.1, -0.05) is 12.1 Å². The summed E-state index contributed by atoms with van der Waals surface area (Å²) < 4.78 is 9.94. The second-order valence-corrected chi connectivity index (χ2v) is 4.90. The number of carbonyl (C=O) groups excluding carboxylic acids is 1. The molecule has 0 fully saturated rings. The van der Waals surface area contributed by atoms with Crippen molar-refractivity contribution < 1.29 is 14.3 Å². The number of ether oxygens (including phenoxy) is 2. The number of nitrogens with zero attached hydrogens (tertiary/aromatic N) is 1. The fraction of sp³-hybridized carbons (Fsp3) is 0.176. The van der Waals surface area contributed by atoms with Gasteiger partial charge >= 0.3 is 5.97 Å². The normalized spacial score (nSPS) is 10.6. The number of carbonyl (C=O) groups is 1. The van der Waals surface area contributed by atoms with Gasteiger partial charge in [-0.3, -0.25) is 4.98 Å². The molecule has 0 atom stereocenters. The van der Waals surface area contributed by atoms with Crippen LogP contribution in [0.5, 0.6) is 5.75 Å². The molecule has 112 valence electrons. The van der Waals surface area contributed by atoms with Crippen LogP contribution in [0.2, 0.25) is 0 Å². The van der Waals surface area contributed by atoms with Crippen molar-refractivity contribution in [2.45, 2.75) is 6.42 Å². The Labute approximate surface area is 127 Å². The van der Waals surface area contributed by atoms with Crippen molar-refractivity contribution >= 4 is 16.9 Å². The minimum atomic E-state index is -0.393. The van der Waals surface area contributed by atoms with Crippen LogP contribution in [0.1, 0.15) is 21.6 Å². The Morgan fingerprint density at radius 1 is 1.18 bits per heavy atom. The van der Waals surface area contributed by atoms with Gasteiger partial charge in [-0.2, -0.15) is 0 Å². The molecule has 0 radical (unpaired) electrons. The summed E-state index contributed by atoms with van der Waals surface area (Å²) >= 11 is 0. The van der Waals surface area contributed by atoms with Crippen molar-refractivity contribution in [3.8, 4) is 5.75 Å². The average Bonchev–Trinajstić information content (AvgIpc) is 3.05. The van der Waals surface area contributed by atoms with Crippen LogP contribution in [0.4, 0.5) is 0 Å². The highest BCUT2D eigenvalue weighted by molar-refractivity contribution is 6.03. The van der Waals surface area contributed by atoms with Gasteiger partial charge in [-0.25, -0.2) is 4.79 Å². The maximum absolute atomic E-state index is 11.8. The Morgan fingerprint density at radius 2 is 1.95 bits per heavy atom. The zero-order chi connectivity index (χ0) is 15.5. The number of fused-ring (bicyclic) bond motifs is 1. The highest BCUT2D eigenvalue weighted by Gasteiger charge is 2.15. The van der Waals surface area contributed by atoms with Crippen LogP contribution in [-0.4, -0.2) is 30.2 Å². The third-order valence-corrected chi connectivity index (χ3v) is 3.61. The molecule has 2 heterocycles. The molecule has 0 aliphatic heterocycles. The number of aromatic nitrogens is 2. The van der Waals surface area contributed by atoms with Crippen LogP contribution in [0.25, 0.3) is 10.9 Å². The van der Waals surface area contributed by atoms with E-state index in [2.05, 4.69) is 9.97 Å². The van der Waals surface area contributed by atoms with E-state index < -0.39 is 5.97 Å². The molecule has 5 nitrogen and oxygen atoms in total. The van der Waals surface area contributed by atoms with Gasteiger partial charge in [-0.15, -0.1) is 0 Å². The summed E-state index contributed by atoms with van der Waals surface area (Å²) in [4.78, 5) is 19.3. The van der Waals surface area contributed by atoms with Gasteiger partial charge < -0.3 is 14.5 Å². The molecule has 3 rings (SSSR count). The van der Waals surface area contributed by atoms with Gasteiger partial charge in [0.15, 0.2) is 0 Å². The maximum atomic E-state index is 11.8. The average molecular weight is 296 g/mol. The molecule has 1 N–H and O–H groups in total. The number of H-pyrrole nitrogens is 1. The molecule has 0 amide bonds. The van der Waals surface area contributed by atoms with Gasteiger partial charge in [0.1, 0.15) is 11.3 Å². The molecule has 5 heteroatoms. The van der Waals surface area contributed by atoms with E-state index in [1.165, 1.54) is 7.11 Å². The van der Waals surface area contributed by atoms with E-state index in [0.29, 0.717) is 12.0 Å². The topological polar surface area (TPSA) is 64.2 Å². The van der Waals surface area contributed by atoms with Crippen LogP contribution in [0, 0.1) is 0 Å². The molecular weight excluding hydrogens is 280 g/mol. The van der Waals surface area contributed by atoms with Crippen LogP contribution in [0.3, 0.4) is 0 Å². The first-order valence-electron chi connectivity index (χ1n) is 6.89. The summed E-state index contributed by atoms with van der Waals surface area (Å²) in [6.45, 7) is 0. The Bertz CT molecular complexity index is 806. The number of hydrogen-bond donors (Lipinski definition) is 1. The summed E-state index contributed by atoms with van der Waals surface area (Å²) in [5, 5.41) is 0.929. The van der Waals surface area contributed by atoms with Crippen molar-refractivity contribution in [2.75, 3.05) is 14.2 Å². The van der Waals surface area contributed by atoms with E-state index in [1.807, 2.05) is 30.3 Å². The fourth-order valence-corrected chi connectivity index (χ4v) is 2.45. The van der Waals surface area contributed by atoms with E-state index in [0.717, 1.165) is 27.9 Å². The molecule has 0 aliphatic rings. The number of pyridine rings is 1. The van der Waals surface area contributed by atoms with Crippen molar-refractivity contribution in [1.82, 2.24) is 9.97 Å². The first-order valence-corrected chi connectivity index (χ1v) is 6.89. The zero-order valence-corrected chi connectivity index (χ0v) is 12.4. The summed E-state index contributed by atoms with van der Waals surface area (Å²) in [5.74, 6) is 0.431. The number of aromatic amines is 1. The first-order chi connectivity index (χ1) is 10.7. The van der Waals surface area contributed by atoms with Crippen molar-refractivity contribution in [3.63, 3.8) is 0 Å². The van der Waals surface area contributed by atoms with Crippen LogP contribution in [-0.2, 0) is 11.2 Å². The maximum Gasteiger partial charge on any atom is 0.341 e. The first kappa shape index (κ1) is 14.1. The molecule has 3 aromatic rings. The molecular formula is C17H16N2O3. The number of methoxy groups -OCH3 is 2. The standard InChI is InChI=1S/C17H16N2O3/c1-21-12-5-3-11(4-6-12)9-15-13-7-8-18-16(13)14(10-19-15)17(20)22-2/h3-8,10,18H,9H2,1-2H3. The summed E-state index contributed by atoms with van der Waals surface area (Å²) in [5.41, 5.74) is 3.24. The number of hydrogen-bond acceptors (Lipinski definition) is 4. The summed E-state index contributed by atoms with van der Waals surface area (Å²) in [6, 6.07) is 9.78. The van der Waals surface area contributed by atoms with E-state index in [4.69, 9.17) is 9.47 Å². The molecule has 2 aromatic heterocycles. The Hall–Kier alpha value is -2.82. The van der Waals surface area contributed by atoms with Gasteiger partial charge in [0, 0.05) is 24.2 Å². The Balaban J connectivity index is 1.97. The molecule has 1 aromatic carbocycles. The summed E-state index contributed by atoms with van der Waals surface area (Å²) in [7, 11) is 3.01. The lowest BCUT2D eigenvalue weighted by Crippen LogP contribution is -2.05. The SMILES string of the molecule is COC(=O)c1cnc(Cc2ccc(OC)cc2)c2cc[nH]c12. The minimum absolute atomic E-state index is 0.393. The van der Waals surface area contributed by atoms with Gasteiger partial charge in [-0.05, 0) is 23.8 Å². The molecule has 0 bridgehead atoms. The Morgan fingerprint density at radius 3 is 2.64 bits per heavy atom. The largest absolute Gasteiger partial charge is 0.497 e. The van der Waals surface area contributed by atoms with Gasteiger partial charge in [0.25, 0.3) is 0 Å². The molecule has 0 spiro atoms. The number of benzene rings is 1. The van der Waals surface area contributed by atoms with E-state index in [1.54, 1.807) is 19.5 Å². The molecule has 22 heavy (non-hydrogen) atoms. The number of rotatable bonds is 4. The molecule has 0 saturated carbocycles. The second kappa shape index (κ2) is 5.89. The fourth-order valence-electron chi connectivity index (χ4n) is 2.45. The van der Waals surface area contributed by atoms with E-state index in [9.17, 15) is 4.79 Å². The van der Waals surface area contributed by atoms with Crippen molar-refractivity contribution in [1.29, 1.82) is 0 Å². The van der Waals surface area contributed by atoms with E-state index >= 15 is 0 Å². The second-order valence-electron chi connectivity index (χ2n) is 4.90. The third kappa shape index (κ3) is 2.53. The molecule has 0 aliphatic carbocycles. The van der Waals surface area contributed by atoms with Crippen LogP contribution < -0.4 is 4.74 Å². The lowest BCUT2D eigenvalue weighted by molar-refractivity contribution is 0.0602. The van der Waals surface area contributed by atoms with Gasteiger partial charge in [0.05, 0.1) is 25.4 Å². The quantitative estimate of drug-likeness (QED) is 0.752. The predicted molar refractivity (Wildman–Crippen MR) is 83.2 cm³/mol. The Kier molecular flexibility index (Phi) is 3.78. The lowest BCUT2D eigenvalue weighted by atomic mass is 10.1. The van der Waals surface area contributed by atoms with Crippen molar-refractivity contribution in [3.05, 3.63) is 59.5 Å². The predicted octanol–water partition coefficient (Wildman–Crippen LogP) is 2.95. The van der Waals surface area contributed by atoms with Gasteiger partial charge in [0.2, 0.25) is 0 Å². The van der Waals surface area contributed by atoms with Crippen molar-refractivity contribution in [2.24, 2.45) is 0 Å². The number of nitrogens with one attached hydrogen (secondary N) is 1. The highest BCUT2D eigenvalue weighted by atomic mass is 16.5. The zero-order valence-electron chi connectivity index (χ0n) is 12.4. The molecule has 0 unspecified atom stereocenters. The third-order valence-electron chi connectivity index (χ3n) is 3.61. The van der Waals surface area contributed by atoms with E-state index in [-0.39, 0.29) is 0 Å². The minimum Gasteiger partial charge on any atom is -0.497 e. The summed E-state index contributed by atoms with van der Waals surface area (Å²) in [6.07, 6.45) is 4.04. The highest BCUT2D eigenvalue weighted by Crippen LogP contribution is 2.23. The molecule has 0 saturated heterocycles. The van der Waals surface area contributed by atoms with Crippen LogP contribution in [0.15, 0.2) is 42.7 Å². The monoisotopic (exact) mass is 296 g/mol.